The molecular formula is C14H24B. The Hall–Kier alpha value is 0.0649. The molecule has 1 heteroatoms. The van der Waals surface area contributed by atoms with E-state index in [9.17, 15) is 0 Å². The van der Waals surface area contributed by atoms with Crippen LogP contribution in [0.1, 0.15) is 40.0 Å². The average molecular weight is 203 g/mol. The van der Waals surface area contributed by atoms with Gasteiger partial charge in [-0.15, -0.1) is 0 Å². The zero-order chi connectivity index (χ0) is 10.8. The number of fused-ring (bicyclic) bond motifs is 1. The van der Waals surface area contributed by atoms with Crippen LogP contribution in [0, 0.1) is 34.5 Å². The number of rotatable bonds is 4. The molecule has 0 saturated heterocycles. The average Bonchev–Trinajstić information content (AvgIpc) is 2.61. The molecule has 0 N–H and O–H groups in total. The molecule has 3 rings (SSSR count). The summed E-state index contributed by atoms with van der Waals surface area (Å²) in [7, 11) is 2.34. The molecule has 0 aromatic rings. The summed E-state index contributed by atoms with van der Waals surface area (Å²) < 4.78 is 0. The highest BCUT2D eigenvalue weighted by Crippen LogP contribution is 2.92. The molecule has 3 saturated carbocycles. The summed E-state index contributed by atoms with van der Waals surface area (Å²) in [6, 6.07) is 0. The zero-order valence-corrected chi connectivity index (χ0v) is 10.7. The zero-order valence-electron chi connectivity index (χ0n) is 10.7. The fourth-order valence-electron chi connectivity index (χ4n) is 5.71. The first-order chi connectivity index (χ1) is 7.07. The second kappa shape index (κ2) is 2.84. The maximum atomic E-state index is 2.58. The third kappa shape index (κ3) is 0.965. The van der Waals surface area contributed by atoms with E-state index in [1.165, 1.54) is 12.7 Å². The Morgan fingerprint density at radius 3 is 2.60 bits per heavy atom. The maximum Gasteiger partial charge on any atom is 0.106 e. The van der Waals surface area contributed by atoms with E-state index in [0.717, 1.165) is 29.1 Å². The summed E-state index contributed by atoms with van der Waals surface area (Å²) >= 11 is 0. The second-order valence-corrected chi connectivity index (χ2v) is 6.92. The Labute approximate surface area is 95.5 Å². The normalized spacial score (nSPS) is 56.9. The van der Waals surface area contributed by atoms with Crippen molar-refractivity contribution in [3.8, 4) is 0 Å². The molecule has 0 amide bonds. The van der Waals surface area contributed by atoms with Gasteiger partial charge >= 0.3 is 0 Å². The van der Waals surface area contributed by atoms with Gasteiger partial charge in [0.1, 0.15) is 7.28 Å². The van der Waals surface area contributed by atoms with Crippen LogP contribution in [0.5, 0.6) is 0 Å². The molecular weight excluding hydrogens is 179 g/mol. The van der Waals surface area contributed by atoms with Crippen LogP contribution in [0.3, 0.4) is 0 Å². The van der Waals surface area contributed by atoms with Crippen molar-refractivity contribution in [2.75, 3.05) is 0 Å². The molecule has 0 heterocycles. The largest absolute Gasteiger partial charge is 0.106 e. The second-order valence-electron chi connectivity index (χ2n) is 6.92. The lowest BCUT2D eigenvalue weighted by atomic mass is 9.50. The van der Waals surface area contributed by atoms with Gasteiger partial charge in [-0.05, 0) is 47.8 Å². The highest BCUT2D eigenvalue weighted by Gasteiger charge is 2.86. The fraction of sp³-hybridized carbons (Fsp3) is 1.00. The van der Waals surface area contributed by atoms with Gasteiger partial charge in [0.25, 0.3) is 0 Å². The third-order valence-corrected chi connectivity index (χ3v) is 6.38. The van der Waals surface area contributed by atoms with Gasteiger partial charge < -0.3 is 0 Å². The minimum atomic E-state index is 0.712. The van der Waals surface area contributed by atoms with E-state index < -0.39 is 0 Å². The van der Waals surface area contributed by atoms with Crippen LogP contribution in [0.15, 0.2) is 0 Å². The standard InChI is InChI=1S/C14H24B/c1-9(8-15-4)7-13(3)10(2)14-6-5-11(14)12(13)14/h9-12H,5-8H2,1-4H3/t9-,10+,11-,12?,13?,14?/m0/s1. The van der Waals surface area contributed by atoms with Crippen molar-refractivity contribution in [3.05, 3.63) is 0 Å². The smallest absolute Gasteiger partial charge is 0.0920 e. The van der Waals surface area contributed by atoms with Crippen molar-refractivity contribution in [3.63, 3.8) is 0 Å². The predicted octanol–water partition coefficient (Wildman–Crippen LogP) is 3.87. The van der Waals surface area contributed by atoms with Crippen molar-refractivity contribution in [2.24, 2.45) is 34.5 Å². The third-order valence-electron chi connectivity index (χ3n) is 6.38. The summed E-state index contributed by atoms with van der Waals surface area (Å²) in [5.74, 6) is 4.22. The monoisotopic (exact) mass is 203 g/mol. The molecule has 0 nitrogen and oxygen atoms in total. The lowest BCUT2D eigenvalue weighted by molar-refractivity contribution is -0.0524. The molecule has 0 bridgehead atoms. The number of hydrogen-bond donors (Lipinski definition) is 0. The quantitative estimate of drug-likeness (QED) is 0.608. The van der Waals surface area contributed by atoms with E-state index in [4.69, 9.17) is 0 Å². The molecule has 0 aliphatic heterocycles. The van der Waals surface area contributed by atoms with Gasteiger partial charge in [0, 0.05) is 0 Å². The van der Waals surface area contributed by atoms with Crippen LogP contribution in [0.25, 0.3) is 0 Å². The van der Waals surface area contributed by atoms with Gasteiger partial charge in [0.15, 0.2) is 0 Å². The molecule has 83 valence electrons. The van der Waals surface area contributed by atoms with Gasteiger partial charge in [0.05, 0.1) is 0 Å². The molecule has 15 heavy (non-hydrogen) atoms. The first-order valence-electron chi connectivity index (χ1n) is 6.85. The Kier molecular flexibility index (Phi) is 1.94. The highest BCUT2D eigenvalue weighted by molar-refractivity contribution is 6.33. The van der Waals surface area contributed by atoms with Gasteiger partial charge in [-0.3, -0.25) is 0 Å². The van der Waals surface area contributed by atoms with Crippen LogP contribution in [-0.4, -0.2) is 7.28 Å². The van der Waals surface area contributed by atoms with E-state index in [1.54, 1.807) is 12.8 Å². The van der Waals surface area contributed by atoms with Crippen LogP contribution in [0.4, 0.5) is 0 Å². The topological polar surface area (TPSA) is 0 Å². The SMILES string of the molecule is C[B]C[C@@H](C)CC1(C)C2[C@@H]3CCC23[C@@H]1C. The van der Waals surface area contributed by atoms with E-state index in [1.807, 2.05) is 0 Å². The summed E-state index contributed by atoms with van der Waals surface area (Å²) in [5.41, 5.74) is 1.61. The maximum absolute atomic E-state index is 2.58. The lowest BCUT2D eigenvalue weighted by Crippen LogP contribution is -2.47. The number of hydrogen-bond acceptors (Lipinski definition) is 0. The molecule has 0 aromatic carbocycles. The molecule has 0 aromatic heterocycles. The molecule has 3 unspecified atom stereocenters. The first kappa shape index (κ1) is 10.2. The molecule has 3 aliphatic carbocycles. The van der Waals surface area contributed by atoms with E-state index in [-0.39, 0.29) is 0 Å². The van der Waals surface area contributed by atoms with E-state index in [0.29, 0.717) is 5.41 Å². The lowest BCUT2D eigenvalue weighted by Gasteiger charge is -2.53. The van der Waals surface area contributed by atoms with Crippen molar-refractivity contribution >= 4 is 7.28 Å². The van der Waals surface area contributed by atoms with Gasteiger partial charge in [0.2, 0.25) is 0 Å². The van der Waals surface area contributed by atoms with Crippen molar-refractivity contribution in [1.29, 1.82) is 0 Å². The minimum absolute atomic E-state index is 0.712. The van der Waals surface area contributed by atoms with E-state index in [2.05, 4.69) is 34.9 Å². The van der Waals surface area contributed by atoms with Gasteiger partial charge in [-0.2, -0.15) is 0 Å². The summed E-state index contributed by atoms with van der Waals surface area (Å²) in [6.45, 7) is 9.76. The summed E-state index contributed by atoms with van der Waals surface area (Å²) in [5, 5.41) is 0. The van der Waals surface area contributed by atoms with Crippen molar-refractivity contribution in [2.45, 2.75) is 53.2 Å². The Balaban J connectivity index is 1.66. The first-order valence-corrected chi connectivity index (χ1v) is 6.85. The Bertz CT molecular complexity index is 277. The Morgan fingerprint density at radius 1 is 1.47 bits per heavy atom. The van der Waals surface area contributed by atoms with Crippen LogP contribution in [0.2, 0.25) is 13.1 Å². The summed E-state index contributed by atoms with van der Waals surface area (Å²) in [4.78, 5) is 0. The van der Waals surface area contributed by atoms with Crippen molar-refractivity contribution < 1.29 is 0 Å². The predicted molar refractivity (Wildman–Crippen MR) is 66.1 cm³/mol. The molecule has 3 aliphatic rings. The van der Waals surface area contributed by atoms with Crippen LogP contribution in [-0.2, 0) is 0 Å². The molecule has 3 fully saturated rings. The summed E-state index contributed by atoms with van der Waals surface area (Å²) in [6.07, 6.45) is 5.90. The molecule has 6 atom stereocenters. The van der Waals surface area contributed by atoms with Gasteiger partial charge in [-0.25, -0.2) is 0 Å². The van der Waals surface area contributed by atoms with Crippen molar-refractivity contribution in [1.82, 2.24) is 0 Å². The van der Waals surface area contributed by atoms with Gasteiger partial charge in [-0.1, -0.05) is 39.8 Å². The van der Waals surface area contributed by atoms with Crippen LogP contribution < -0.4 is 0 Å². The van der Waals surface area contributed by atoms with Crippen LogP contribution >= 0.6 is 0 Å². The minimum Gasteiger partial charge on any atom is -0.0920 e. The molecule has 1 spiro atoms. The van der Waals surface area contributed by atoms with E-state index >= 15 is 0 Å². The molecule has 1 radical (unpaired) electrons. The Morgan fingerprint density at radius 2 is 2.20 bits per heavy atom. The fourth-order valence-corrected chi connectivity index (χ4v) is 5.71. The highest BCUT2D eigenvalue weighted by atomic mass is 14.9.